The molecule has 0 radical (unpaired) electrons. The number of benzene rings is 2. The molecule has 0 aliphatic heterocycles. The van der Waals surface area contributed by atoms with Crippen molar-refractivity contribution in [1.82, 2.24) is 14.6 Å². The molecule has 1 N–H and O–H groups in total. The van der Waals surface area contributed by atoms with E-state index in [2.05, 4.69) is 10.1 Å². The van der Waals surface area contributed by atoms with Crippen LogP contribution in [0.1, 0.15) is 5.69 Å². The van der Waals surface area contributed by atoms with E-state index in [1.807, 2.05) is 54.6 Å². The average Bonchev–Trinajstić information content (AvgIpc) is 3.03. The monoisotopic (exact) mass is 369 g/mol. The summed E-state index contributed by atoms with van der Waals surface area (Å²) < 4.78 is 1.38. The Hall–Kier alpha value is -2.56. The van der Waals surface area contributed by atoms with Crippen LogP contribution in [0, 0.1) is 0 Å². The molecule has 6 heteroatoms. The van der Waals surface area contributed by atoms with Gasteiger partial charge in [-0.15, -0.1) is 11.6 Å². The SMILES string of the molecule is O=c1cc(CCl)[nH]c2c(-c3ccccc3)c(-c3ccc(Cl)cc3)nn12. The Morgan fingerprint density at radius 2 is 1.72 bits per heavy atom. The summed E-state index contributed by atoms with van der Waals surface area (Å²) in [4.78, 5) is 15.7. The van der Waals surface area contributed by atoms with E-state index in [9.17, 15) is 4.79 Å². The lowest BCUT2D eigenvalue weighted by Gasteiger charge is -2.04. The van der Waals surface area contributed by atoms with Crippen LogP contribution in [0.5, 0.6) is 0 Å². The van der Waals surface area contributed by atoms with Crippen molar-refractivity contribution in [1.29, 1.82) is 0 Å². The molecule has 2 heterocycles. The molecule has 2 aromatic heterocycles. The molecule has 0 spiro atoms. The first-order valence-corrected chi connectivity index (χ1v) is 8.61. The standard InChI is InChI=1S/C19H13Cl2N3O/c20-11-15-10-16(25)24-19(22-15)17(12-4-2-1-3-5-12)18(23-24)13-6-8-14(21)9-7-13/h1-10,22H,11H2. The molecular weight excluding hydrogens is 357 g/mol. The van der Waals surface area contributed by atoms with Crippen molar-refractivity contribution in [2.24, 2.45) is 0 Å². The first-order valence-electron chi connectivity index (χ1n) is 7.69. The Balaban J connectivity index is 2.10. The number of nitrogens with zero attached hydrogens (tertiary/aromatic N) is 2. The van der Waals surface area contributed by atoms with Crippen molar-refractivity contribution in [3.63, 3.8) is 0 Å². The van der Waals surface area contributed by atoms with Crippen molar-refractivity contribution in [2.75, 3.05) is 0 Å². The fraction of sp³-hybridized carbons (Fsp3) is 0.0526. The molecular formula is C19H13Cl2N3O. The molecule has 0 saturated heterocycles. The fourth-order valence-electron chi connectivity index (χ4n) is 2.85. The van der Waals surface area contributed by atoms with Gasteiger partial charge >= 0.3 is 0 Å². The van der Waals surface area contributed by atoms with Crippen molar-refractivity contribution in [3.8, 4) is 22.4 Å². The van der Waals surface area contributed by atoms with Gasteiger partial charge in [-0.25, -0.2) is 0 Å². The van der Waals surface area contributed by atoms with Gasteiger partial charge in [-0.3, -0.25) is 4.79 Å². The molecule has 0 unspecified atom stereocenters. The van der Waals surface area contributed by atoms with Crippen LogP contribution in [-0.4, -0.2) is 14.6 Å². The van der Waals surface area contributed by atoms with Crippen molar-refractivity contribution in [3.05, 3.63) is 81.7 Å². The minimum atomic E-state index is -0.221. The molecule has 25 heavy (non-hydrogen) atoms. The second-order valence-corrected chi connectivity index (χ2v) is 6.33. The van der Waals surface area contributed by atoms with Crippen LogP contribution in [0.25, 0.3) is 28.0 Å². The van der Waals surface area contributed by atoms with Crippen LogP contribution in [0.3, 0.4) is 0 Å². The Morgan fingerprint density at radius 3 is 2.40 bits per heavy atom. The maximum absolute atomic E-state index is 12.4. The summed E-state index contributed by atoms with van der Waals surface area (Å²) in [5.74, 6) is 0.224. The number of aromatic nitrogens is 3. The molecule has 4 rings (SSSR count). The van der Waals surface area contributed by atoms with E-state index in [0.29, 0.717) is 22.1 Å². The molecule has 2 aromatic carbocycles. The second kappa shape index (κ2) is 6.39. The Labute approximate surface area is 153 Å². The molecule has 0 fully saturated rings. The van der Waals surface area contributed by atoms with Gasteiger partial charge in [-0.2, -0.15) is 9.61 Å². The maximum Gasteiger partial charge on any atom is 0.274 e. The highest BCUT2D eigenvalue weighted by atomic mass is 35.5. The number of halogens is 2. The van der Waals surface area contributed by atoms with Gasteiger partial charge in [-0.1, -0.05) is 54.1 Å². The zero-order valence-electron chi connectivity index (χ0n) is 13.0. The first-order chi connectivity index (χ1) is 12.2. The summed E-state index contributed by atoms with van der Waals surface area (Å²) in [5, 5.41) is 5.20. The van der Waals surface area contributed by atoms with E-state index in [-0.39, 0.29) is 11.4 Å². The lowest BCUT2D eigenvalue weighted by atomic mass is 10.0. The number of H-pyrrole nitrogens is 1. The van der Waals surface area contributed by atoms with Crippen molar-refractivity contribution >= 4 is 28.8 Å². The van der Waals surface area contributed by atoms with E-state index in [0.717, 1.165) is 16.7 Å². The number of alkyl halides is 1. The largest absolute Gasteiger partial charge is 0.342 e. The number of hydrogen-bond acceptors (Lipinski definition) is 2. The molecule has 4 aromatic rings. The van der Waals surface area contributed by atoms with Crippen molar-refractivity contribution < 1.29 is 0 Å². The average molecular weight is 370 g/mol. The van der Waals surface area contributed by atoms with Gasteiger partial charge in [0.05, 0.1) is 11.4 Å². The second-order valence-electron chi connectivity index (χ2n) is 5.62. The fourth-order valence-corrected chi connectivity index (χ4v) is 3.12. The number of aromatic amines is 1. The van der Waals surface area contributed by atoms with Gasteiger partial charge < -0.3 is 4.98 Å². The lowest BCUT2D eigenvalue weighted by molar-refractivity contribution is 0.891. The van der Waals surface area contributed by atoms with Gasteiger partial charge in [0, 0.05) is 22.3 Å². The van der Waals surface area contributed by atoms with Gasteiger partial charge in [0.1, 0.15) is 11.3 Å². The normalized spacial score (nSPS) is 11.1. The minimum absolute atomic E-state index is 0.221. The van der Waals surface area contributed by atoms with Crippen molar-refractivity contribution in [2.45, 2.75) is 5.88 Å². The van der Waals surface area contributed by atoms with E-state index < -0.39 is 0 Å². The summed E-state index contributed by atoms with van der Waals surface area (Å²) >= 11 is 11.9. The summed E-state index contributed by atoms with van der Waals surface area (Å²) in [6, 6.07) is 18.7. The summed E-state index contributed by atoms with van der Waals surface area (Å²) in [6.07, 6.45) is 0. The van der Waals surface area contributed by atoms with Gasteiger partial charge in [-0.05, 0) is 17.7 Å². The topological polar surface area (TPSA) is 50.2 Å². The van der Waals surface area contributed by atoms with Gasteiger partial charge in [0.2, 0.25) is 0 Å². The number of rotatable bonds is 3. The Morgan fingerprint density at radius 1 is 1.00 bits per heavy atom. The minimum Gasteiger partial charge on any atom is -0.342 e. The molecule has 0 aliphatic carbocycles. The third-order valence-electron chi connectivity index (χ3n) is 3.99. The maximum atomic E-state index is 12.4. The molecule has 0 amide bonds. The third kappa shape index (κ3) is 2.84. The van der Waals surface area contributed by atoms with Crippen LogP contribution in [-0.2, 0) is 5.88 Å². The van der Waals surface area contributed by atoms with Crippen LogP contribution in [0.2, 0.25) is 5.02 Å². The van der Waals surface area contributed by atoms with Crippen LogP contribution in [0.4, 0.5) is 0 Å². The predicted molar refractivity (Wildman–Crippen MR) is 101 cm³/mol. The summed E-state index contributed by atoms with van der Waals surface area (Å²) in [7, 11) is 0. The van der Waals surface area contributed by atoms with E-state index in [1.54, 1.807) is 0 Å². The number of nitrogens with one attached hydrogen (secondary N) is 1. The van der Waals surface area contributed by atoms with Gasteiger partial charge in [0.15, 0.2) is 0 Å². The quantitative estimate of drug-likeness (QED) is 0.529. The zero-order valence-corrected chi connectivity index (χ0v) is 14.6. The van der Waals surface area contributed by atoms with E-state index in [4.69, 9.17) is 23.2 Å². The molecule has 0 atom stereocenters. The van der Waals surface area contributed by atoms with Crippen LogP contribution >= 0.6 is 23.2 Å². The third-order valence-corrected chi connectivity index (χ3v) is 4.53. The first kappa shape index (κ1) is 15.9. The zero-order chi connectivity index (χ0) is 17.4. The summed E-state index contributed by atoms with van der Waals surface area (Å²) in [6.45, 7) is 0. The van der Waals surface area contributed by atoms with Crippen LogP contribution < -0.4 is 5.56 Å². The lowest BCUT2D eigenvalue weighted by Crippen LogP contribution is -2.15. The van der Waals surface area contributed by atoms with E-state index >= 15 is 0 Å². The number of fused-ring (bicyclic) bond motifs is 1. The smallest absolute Gasteiger partial charge is 0.274 e. The Kier molecular flexibility index (Phi) is 4.07. The molecule has 0 bridgehead atoms. The molecule has 4 nitrogen and oxygen atoms in total. The molecule has 0 saturated carbocycles. The van der Waals surface area contributed by atoms with E-state index in [1.165, 1.54) is 10.6 Å². The van der Waals surface area contributed by atoms with Crippen LogP contribution in [0.15, 0.2) is 65.5 Å². The highest BCUT2D eigenvalue weighted by Crippen LogP contribution is 2.34. The molecule has 0 aliphatic rings. The summed E-state index contributed by atoms with van der Waals surface area (Å²) in [5.41, 5.74) is 4.46. The highest BCUT2D eigenvalue weighted by molar-refractivity contribution is 6.30. The Bertz CT molecular complexity index is 1100. The number of hydrogen-bond donors (Lipinski definition) is 1. The predicted octanol–water partition coefficient (Wildman–Crippen LogP) is 4.75. The molecule has 124 valence electrons. The highest BCUT2D eigenvalue weighted by Gasteiger charge is 2.18. The van der Waals surface area contributed by atoms with Gasteiger partial charge in [0.25, 0.3) is 5.56 Å².